The summed E-state index contributed by atoms with van der Waals surface area (Å²) in [5.74, 6) is 1.11. The Morgan fingerprint density at radius 3 is 2.59 bits per heavy atom. The first-order valence-corrected chi connectivity index (χ1v) is 12.9. The summed E-state index contributed by atoms with van der Waals surface area (Å²) < 4.78 is 36.2. The number of likely N-dealkylation sites (tertiary alicyclic amines) is 1. The van der Waals surface area contributed by atoms with Gasteiger partial charge in [0.05, 0.1) is 12.0 Å². The van der Waals surface area contributed by atoms with Crippen LogP contribution in [-0.2, 0) is 15.6 Å². The van der Waals surface area contributed by atoms with Crippen LogP contribution in [0.4, 0.5) is 0 Å². The molecule has 0 unspecified atom stereocenters. The predicted octanol–water partition coefficient (Wildman–Crippen LogP) is 4.76. The number of hydrogen-bond donors (Lipinski definition) is 1. The molecule has 8 heteroatoms. The SMILES string of the molecule is COc1ccc2[nH]cc(C3CCN(C(=O)c4ccc(CS(=O)(=O)c5ccccc5)o4)CC3)c2c1. The molecule has 0 spiro atoms. The number of sulfone groups is 1. The fourth-order valence-electron chi connectivity index (χ4n) is 4.60. The average molecular weight is 479 g/mol. The van der Waals surface area contributed by atoms with Crippen molar-refractivity contribution in [3.63, 3.8) is 0 Å². The van der Waals surface area contributed by atoms with Crippen molar-refractivity contribution in [2.75, 3.05) is 20.2 Å². The third-order valence-electron chi connectivity index (χ3n) is 6.45. The van der Waals surface area contributed by atoms with Crippen molar-refractivity contribution in [1.29, 1.82) is 0 Å². The number of piperidine rings is 1. The van der Waals surface area contributed by atoms with Crippen LogP contribution >= 0.6 is 0 Å². The summed E-state index contributed by atoms with van der Waals surface area (Å²) in [6.07, 6.45) is 3.73. The highest BCUT2D eigenvalue weighted by Crippen LogP contribution is 2.35. The Balaban J connectivity index is 1.24. The second-order valence-corrected chi connectivity index (χ2v) is 10.5. The molecule has 3 heterocycles. The minimum Gasteiger partial charge on any atom is -0.497 e. The monoisotopic (exact) mass is 478 g/mol. The number of amides is 1. The molecular weight excluding hydrogens is 452 g/mol. The van der Waals surface area contributed by atoms with Crippen LogP contribution in [0.3, 0.4) is 0 Å². The van der Waals surface area contributed by atoms with E-state index in [0.717, 1.165) is 29.5 Å². The molecule has 176 valence electrons. The Labute approximate surface area is 198 Å². The number of carbonyl (C=O) groups excluding carboxylic acids is 1. The van der Waals surface area contributed by atoms with E-state index in [1.807, 2.05) is 18.2 Å². The number of fused-ring (bicyclic) bond motifs is 1. The zero-order chi connectivity index (χ0) is 23.7. The van der Waals surface area contributed by atoms with Gasteiger partial charge in [-0.3, -0.25) is 4.79 Å². The lowest BCUT2D eigenvalue weighted by Crippen LogP contribution is -2.37. The third-order valence-corrected chi connectivity index (χ3v) is 8.10. The van der Waals surface area contributed by atoms with Gasteiger partial charge in [0.2, 0.25) is 0 Å². The number of nitrogens with zero attached hydrogens (tertiary/aromatic N) is 1. The Bertz CT molecular complexity index is 1410. The normalized spacial score (nSPS) is 15.0. The van der Waals surface area contributed by atoms with Crippen LogP contribution < -0.4 is 4.74 Å². The van der Waals surface area contributed by atoms with E-state index in [9.17, 15) is 13.2 Å². The number of rotatable bonds is 6. The molecule has 1 amide bonds. The number of nitrogens with one attached hydrogen (secondary N) is 1. The Morgan fingerprint density at radius 1 is 1.09 bits per heavy atom. The zero-order valence-electron chi connectivity index (χ0n) is 18.9. The van der Waals surface area contributed by atoms with Crippen molar-refractivity contribution >= 4 is 26.6 Å². The van der Waals surface area contributed by atoms with E-state index in [1.165, 1.54) is 5.56 Å². The lowest BCUT2D eigenvalue weighted by Gasteiger charge is -2.31. The summed E-state index contributed by atoms with van der Waals surface area (Å²) >= 11 is 0. The van der Waals surface area contributed by atoms with Gasteiger partial charge in [-0.1, -0.05) is 18.2 Å². The number of furan rings is 1. The lowest BCUT2D eigenvalue weighted by atomic mass is 9.89. The quantitative estimate of drug-likeness (QED) is 0.431. The van der Waals surface area contributed by atoms with Crippen LogP contribution in [0.5, 0.6) is 5.75 Å². The number of ether oxygens (including phenoxy) is 1. The Hall–Kier alpha value is -3.52. The summed E-state index contributed by atoms with van der Waals surface area (Å²) in [6.45, 7) is 1.22. The van der Waals surface area contributed by atoms with Crippen molar-refractivity contribution in [3.05, 3.63) is 83.9 Å². The molecule has 5 rings (SSSR count). The van der Waals surface area contributed by atoms with Gasteiger partial charge in [0.25, 0.3) is 5.91 Å². The molecule has 4 aromatic rings. The summed E-state index contributed by atoms with van der Waals surface area (Å²) in [4.78, 5) is 18.3. The minimum atomic E-state index is -3.54. The van der Waals surface area contributed by atoms with Gasteiger partial charge in [-0.05, 0) is 66.8 Å². The molecule has 0 radical (unpaired) electrons. The van der Waals surface area contributed by atoms with Crippen molar-refractivity contribution in [3.8, 4) is 5.75 Å². The minimum absolute atomic E-state index is 0.175. The first-order valence-electron chi connectivity index (χ1n) is 11.3. The Morgan fingerprint density at radius 2 is 1.85 bits per heavy atom. The van der Waals surface area contributed by atoms with Crippen LogP contribution in [0.25, 0.3) is 10.9 Å². The maximum atomic E-state index is 13.0. The van der Waals surface area contributed by atoms with Crippen LogP contribution in [-0.4, -0.2) is 44.4 Å². The fraction of sp³-hybridized carbons (Fsp3) is 0.269. The van der Waals surface area contributed by atoms with Crippen LogP contribution in [0, 0.1) is 0 Å². The van der Waals surface area contributed by atoms with Gasteiger partial charge in [0.1, 0.15) is 17.3 Å². The van der Waals surface area contributed by atoms with E-state index in [2.05, 4.69) is 11.2 Å². The molecule has 2 aromatic carbocycles. The largest absolute Gasteiger partial charge is 0.497 e. The van der Waals surface area contributed by atoms with E-state index in [4.69, 9.17) is 9.15 Å². The molecule has 0 aliphatic carbocycles. The molecule has 0 atom stereocenters. The second-order valence-electron chi connectivity index (χ2n) is 8.56. The topological polar surface area (TPSA) is 92.6 Å². The number of hydrogen-bond acceptors (Lipinski definition) is 5. The molecule has 34 heavy (non-hydrogen) atoms. The first kappa shape index (κ1) is 22.3. The molecule has 1 aliphatic heterocycles. The standard InChI is InChI=1S/C26H26N2O5S/c1-32-19-7-9-24-22(15-19)23(16-27-24)18-11-13-28(14-12-18)26(29)25-10-8-20(33-25)17-34(30,31)21-5-3-2-4-6-21/h2-10,15-16,18,27H,11-14,17H2,1H3. The van der Waals surface area contributed by atoms with Crippen molar-refractivity contribution in [2.45, 2.75) is 29.4 Å². The predicted molar refractivity (Wildman–Crippen MR) is 129 cm³/mol. The van der Waals surface area contributed by atoms with Crippen LogP contribution in [0.2, 0.25) is 0 Å². The van der Waals surface area contributed by atoms with Gasteiger partial charge in [-0.15, -0.1) is 0 Å². The van der Waals surface area contributed by atoms with Gasteiger partial charge in [-0.2, -0.15) is 0 Å². The van der Waals surface area contributed by atoms with Gasteiger partial charge < -0.3 is 19.0 Å². The summed E-state index contributed by atoms with van der Waals surface area (Å²) in [5, 5.41) is 1.15. The molecule has 2 aromatic heterocycles. The second kappa shape index (κ2) is 9.02. The van der Waals surface area contributed by atoms with E-state index < -0.39 is 9.84 Å². The summed E-state index contributed by atoms with van der Waals surface area (Å²) in [7, 11) is -1.88. The molecule has 0 saturated carbocycles. The smallest absolute Gasteiger partial charge is 0.289 e. The van der Waals surface area contributed by atoms with Crippen molar-refractivity contribution < 1.29 is 22.4 Å². The number of aromatic amines is 1. The summed E-state index contributed by atoms with van der Waals surface area (Å²) in [6, 6.07) is 17.4. The highest BCUT2D eigenvalue weighted by atomic mass is 32.2. The third kappa shape index (κ3) is 4.33. The zero-order valence-corrected chi connectivity index (χ0v) is 19.7. The number of aromatic nitrogens is 1. The molecule has 1 aliphatic rings. The molecule has 1 saturated heterocycles. The fourth-order valence-corrected chi connectivity index (χ4v) is 5.87. The average Bonchev–Trinajstić information content (AvgIpc) is 3.50. The molecular formula is C26H26N2O5S. The van der Waals surface area contributed by atoms with Crippen molar-refractivity contribution in [1.82, 2.24) is 9.88 Å². The number of benzene rings is 2. The van der Waals surface area contributed by atoms with E-state index in [1.54, 1.807) is 54.5 Å². The van der Waals surface area contributed by atoms with Gasteiger partial charge in [0.15, 0.2) is 15.6 Å². The molecule has 7 nitrogen and oxygen atoms in total. The van der Waals surface area contributed by atoms with Crippen LogP contribution in [0.1, 0.15) is 40.6 Å². The Kier molecular flexibility index (Phi) is 5.91. The highest BCUT2D eigenvalue weighted by molar-refractivity contribution is 7.90. The highest BCUT2D eigenvalue weighted by Gasteiger charge is 2.28. The number of carbonyl (C=O) groups is 1. The van der Waals surface area contributed by atoms with Crippen LogP contribution in [0.15, 0.2) is 76.2 Å². The number of H-pyrrole nitrogens is 1. The summed E-state index contributed by atoms with van der Waals surface area (Å²) in [5.41, 5.74) is 2.32. The molecule has 0 bridgehead atoms. The first-order chi connectivity index (χ1) is 16.4. The molecule has 1 N–H and O–H groups in total. The maximum absolute atomic E-state index is 13.0. The lowest BCUT2D eigenvalue weighted by molar-refractivity contribution is 0.0679. The van der Waals surface area contributed by atoms with E-state index in [-0.39, 0.29) is 28.1 Å². The van der Waals surface area contributed by atoms with Gasteiger partial charge in [-0.25, -0.2) is 8.42 Å². The maximum Gasteiger partial charge on any atom is 0.289 e. The molecule has 1 fully saturated rings. The number of methoxy groups -OCH3 is 1. The van der Waals surface area contributed by atoms with E-state index in [0.29, 0.717) is 19.0 Å². The van der Waals surface area contributed by atoms with E-state index >= 15 is 0 Å². The van der Waals surface area contributed by atoms with Crippen molar-refractivity contribution in [2.24, 2.45) is 0 Å². The van der Waals surface area contributed by atoms with Gasteiger partial charge >= 0.3 is 0 Å². The van der Waals surface area contributed by atoms with Gasteiger partial charge in [0, 0.05) is 30.2 Å².